The molecule has 1 unspecified atom stereocenters. The van der Waals surface area contributed by atoms with Crippen LogP contribution < -0.4 is 5.73 Å². The first-order chi connectivity index (χ1) is 6.67. The fourth-order valence-electron chi connectivity index (χ4n) is 1.27. The lowest BCUT2D eigenvalue weighted by Crippen LogP contribution is -2.16. The minimum Gasteiger partial charge on any atom is -0.469 e. The minimum atomic E-state index is -0.246. The summed E-state index contributed by atoms with van der Waals surface area (Å²) in [5, 5.41) is 4.03. The van der Waals surface area contributed by atoms with Crippen LogP contribution >= 0.6 is 0 Å². The number of nitrogens with two attached hydrogens (primary N) is 1. The molecule has 14 heavy (non-hydrogen) atoms. The van der Waals surface area contributed by atoms with Gasteiger partial charge in [-0.1, -0.05) is 0 Å². The van der Waals surface area contributed by atoms with Crippen LogP contribution in [0.5, 0.6) is 0 Å². The maximum atomic E-state index is 11.1. The van der Waals surface area contributed by atoms with Crippen molar-refractivity contribution in [1.82, 2.24) is 9.78 Å². The molecule has 0 aliphatic heterocycles. The van der Waals surface area contributed by atoms with Gasteiger partial charge >= 0.3 is 5.97 Å². The first-order valence-electron chi connectivity index (χ1n) is 4.42. The van der Waals surface area contributed by atoms with Gasteiger partial charge in [0.25, 0.3) is 0 Å². The summed E-state index contributed by atoms with van der Waals surface area (Å²) < 4.78 is 6.28. The second-order valence-corrected chi connectivity index (χ2v) is 3.16. The second kappa shape index (κ2) is 4.76. The number of carbonyl (C=O) groups excluding carboxylic acids is 1. The second-order valence-electron chi connectivity index (χ2n) is 3.16. The average molecular weight is 197 g/mol. The van der Waals surface area contributed by atoms with Crippen molar-refractivity contribution in [3.05, 3.63) is 18.0 Å². The Kier molecular flexibility index (Phi) is 3.64. The number of aryl methyl sites for hydroxylation is 1. The minimum absolute atomic E-state index is 0.00356. The third-order valence-electron chi connectivity index (χ3n) is 2.12. The monoisotopic (exact) mass is 197 g/mol. The standard InChI is InChI=1S/C9H15N3O2/c1-12-6-8(5-11-12)7(4-10)3-9(13)14-2/h5-7H,3-4,10H2,1-2H3. The van der Waals surface area contributed by atoms with Crippen LogP contribution in [0.4, 0.5) is 0 Å². The Bertz CT molecular complexity index is 309. The van der Waals surface area contributed by atoms with E-state index >= 15 is 0 Å². The molecule has 1 rings (SSSR count). The van der Waals surface area contributed by atoms with Crippen molar-refractivity contribution < 1.29 is 9.53 Å². The molecule has 0 amide bonds. The van der Waals surface area contributed by atoms with Gasteiger partial charge in [-0.25, -0.2) is 0 Å². The zero-order valence-corrected chi connectivity index (χ0v) is 8.43. The molecule has 0 fully saturated rings. The van der Waals surface area contributed by atoms with Gasteiger partial charge in [-0.3, -0.25) is 9.48 Å². The van der Waals surface area contributed by atoms with E-state index < -0.39 is 0 Å². The van der Waals surface area contributed by atoms with Gasteiger partial charge in [0.05, 0.1) is 19.7 Å². The molecule has 2 N–H and O–H groups in total. The van der Waals surface area contributed by atoms with Crippen LogP contribution in [0.1, 0.15) is 17.9 Å². The number of aromatic nitrogens is 2. The summed E-state index contributed by atoms with van der Waals surface area (Å²) in [7, 11) is 3.20. The van der Waals surface area contributed by atoms with Gasteiger partial charge in [-0.05, 0) is 12.1 Å². The first kappa shape index (κ1) is 10.7. The van der Waals surface area contributed by atoms with Crippen LogP contribution in [0.2, 0.25) is 0 Å². The maximum absolute atomic E-state index is 11.1. The summed E-state index contributed by atoms with van der Waals surface area (Å²) in [6.07, 6.45) is 3.89. The Morgan fingerprint density at radius 1 is 1.79 bits per heavy atom. The van der Waals surface area contributed by atoms with Crippen LogP contribution in [-0.4, -0.2) is 29.4 Å². The number of hydrogen-bond acceptors (Lipinski definition) is 4. The number of esters is 1. The zero-order valence-electron chi connectivity index (χ0n) is 8.43. The molecule has 78 valence electrons. The van der Waals surface area contributed by atoms with Crippen molar-refractivity contribution in [2.45, 2.75) is 12.3 Å². The molecule has 1 heterocycles. The summed E-state index contributed by atoms with van der Waals surface area (Å²) in [6.45, 7) is 0.417. The van der Waals surface area contributed by atoms with E-state index in [1.165, 1.54) is 7.11 Å². The molecule has 1 aromatic rings. The van der Waals surface area contributed by atoms with E-state index in [4.69, 9.17) is 5.73 Å². The van der Waals surface area contributed by atoms with Crippen molar-refractivity contribution in [3.8, 4) is 0 Å². The summed E-state index contributed by atoms with van der Waals surface area (Å²) >= 11 is 0. The van der Waals surface area contributed by atoms with Crippen molar-refractivity contribution in [2.24, 2.45) is 12.8 Å². The molecule has 0 aliphatic carbocycles. The Morgan fingerprint density at radius 2 is 2.50 bits per heavy atom. The highest BCUT2D eigenvalue weighted by Gasteiger charge is 2.16. The maximum Gasteiger partial charge on any atom is 0.306 e. The molecule has 5 nitrogen and oxygen atoms in total. The molecule has 0 saturated heterocycles. The van der Waals surface area contributed by atoms with E-state index in [0.717, 1.165) is 5.56 Å². The molecule has 1 atom stereocenters. The van der Waals surface area contributed by atoms with E-state index in [2.05, 4.69) is 9.84 Å². The number of rotatable bonds is 4. The molecular weight excluding hydrogens is 182 g/mol. The molecule has 0 aliphatic rings. The molecule has 0 spiro atoms. The van der Waals surface area contributed by atoms with E-state index in [9.17, 15) is 4.79 Å². The largest absolute Gasteiger partial charge is 0.469 e. The quantitative estimate of drug-likeness (QED) is 0.691. The number of ether oxygens (including phenoxy) is 1. The van der Waals surface area contributed by atoms with Gasteiger partial charge < -0.3 is 10.5 Å². The smallest absolute Gasteiger partial charge is 0.306 e. The first-order valence-corrected chi connectivity index (χ1v) is 4.42. The lowest BCUT2D eigenvalue weighted by molar-refractivity contribution is -0.141. The van der Waals surface area contributed by atoms with E-state index in [-0.39, 0.29) is 11.9 Å². The van der Waals surface area contributed by atoms with Gasteiger partial charge in [0.15, 0.2) is 0 Å². The van der Waals surface area contributed by atoms with Crippen LogP contribution in [0.15, 0.2) is 12.4 Å². The molecule has 1 aromatic heterocycles. The third-order valence-corrected chi connectivity index (χ3v) is 2.12. The van der Waals surface area contributed by atoms with Crippen LogP contribution in [-0.2, 0) is 16.6 Å². The fraction of sp³-hybridized carbons (Fsp3) is 0.556. The lowest BCUT2D eigenvalue weighted by Gasteiger charge is -2.10. The van der Waals surface area contributed by atoms with Crippen LogP contribution in [0, 0.1) is 0 Å². The zero-order chi connectivity index (χ0) is 10.6. The molecule has 0 saturated carbocycles. The molecule has 0 bridgehead atoms. The number of carbonyl (C=O) groups is 1. The molecule has 0 radical (unpaired) electrons. The van der Waals surface area contributed by atoms with Gasteiger partial charge in [0.1, 0.15) is 0 Å². The Labute approximate surface area is 82.8 Å². The van der Waals surface area contributed by atoms with Gasteiger partial charge in [0.2, 0.25) is 0 Å². The fourth-order valence-corrected chi connectivity index (χ4v) is 1.27. The average Bonchev–Trinajstić information content (AvgIpc) is 2.60. The molecule has 0 aromatic carbocycles. The number of nitrogens with zero attached hydrogens (tertiary/aromatic N) is 2. The van der Waals surface area contributed by atoms with E-state index in [1.807, 2.05) is 13.2 Å². The van der Waals surface area contributed by atoms with Crippen LogP contribution in [0.25, 0.3) is 0 Å². The van der Waals surface area contributed by atoms with Crippen molar-refractivity contribution in [2.75, 3.05) is 13.7 Å². The summed E-state index contributed by atoms with van der Waals surface area (Å²) in [5.74, 6) is -0.250. The lowest BCUT2D eigenvalue weighted by atomic mass is 9.99. The van der Waals surface area contributed by atoms with Gasteiger partial charge in [0, 0.05) is 19.2 Å². The topological polar surface area (TPSA) is 70.1 Å². The Hall–Kier alpha value is -1.36. The van der Waals surface area contributed by atoms with Crippen LogP contribution in [0.3, 0.4) is 0 Å². The normalized spacial score (nSPS) is 12.5. The summed E-state index contributed by atoms with van der Waals surface area (Å²) in [5.41, 5.74) is 6.54. The highest BCUT2D eigenvalue weighted by molar-refractivity contribution is 5.70. The summed E-state index contributed by atoms with van der Waals surface area (Å²) in [4.78, 5) is 11.1. The predicted molar refractivity (Wildman–Crippen MR) is 51.6 cm³/mol. The Morgan fingerprint density at radius 3 is 2.93 bits per heavy atom. The summed E-state index contributed by atoms with van der Waals surface area (Å²) in [6, 6.07) is 0. The SMILES string of the molecule is COC(=O)CC(CN)c1cnn(C)c1. The van der Waals surface area contributed by atoms with Crippen molar-refractivity contribution in [1.29, 1.82) is 0 Å². The Balaban J connectivity index is 2.67. The highest BCUT2D eigenvalue weighted by atomic mass is 16.5. The van der Waals surface area contributed by atoms with Gasteiger partial charge in [-0.15, -0.1) is 0 Å². The van der Waals surface area contributed by atoms with E-state index in [0.29, 0.717) is 13.0 Å². The highest BCUT2D eigenvalue weighted by Crippen LogP contribution is 2.17. The number of methoxy groups -OCH3 is 1. The molecular formula is C9H15N3O2. The van der Waals surface area contributed by atoms with Crippen molar-refractivity contribution in [3.63, 3.8) is 0 Å². The number of hydrogen-bond donors (Lipinski definition) is 1. The van der Waals surface area contributed by atoms with E-state index in [1.54, 1.807) is 10.9 Å². The molecule has 5 heteroatoms. The van der Waals surface area contributed by atoms with Crippen molar-refractivity contribution >= 4 is 5.97 Å². The van der Waals surface area contributed by atoms with Gasteiger partial charge in [-0.2, -0.15) is 5.10 Å². The predicted octanol–water partition coefficient (Wildman–Crippen LogP) is 0.0255. The third kappa shape index (κ3) is 2.56.